The van der Waals surface area contributed by atoms with Crippen molar-refractivity contribution in [1.82, 2.24) is 0 Å². The summed E-state index contributed by atoms with van der Waals surface area (Å²) in [6.07, 6.45) is 3.37. The minimum Gasteiger partial charge on any atom is -0.392 e. The van der Waals surface area contributed by atoms with Crippen molar-refractivity contribution in [2.75, 3.05) is 5.75 Å². The molecule has 86 valence electrons. The van der Waals surface area contributed by atoms with Gasteiger partial charge in [-0.15, -0.1) is 0 Å². The van der Waals surface area contributed by atoms with E-state index in [0.29, 0.717) is 16.9 Å². The molecule has 0 aliphatic rings. The van der Waals surface area contributed by atoms with Crippen molar-refractivity contribution in [3.63, 3.8) is 0 Å². The third kappa shape index (κ3) is 4.16. The summed E-state index contributed by atoms with van der Waals surface area (Å²) in [5.41, 5.74) is 1.01. The van der Waals surface area contributed by atoms with Crippen molar-refractivity contribution in [1.29, 1.82) is 0 Å². The number of thioether (sulfide) groups is 1. The number of aliphatic hydroxyl groups is 1. The second-order valence-electron chi connectivity index (χ2n) is 3.22. The molecule has 4 heteroatoms. The van der Waals surface area contributed by atoms with Crippen LogP contribution >= 0.6 is 11.8 Å². The van der Waals surface area contributed by atoms with Gasteiger partial charge >= 0.3 is 0 Å². The molecule has 0 spiro atoms. The molecule has 0 aliphatic heterocycles. The number of halogens is 1. The van der Waals surface area contributed by atoms with E-state index in [1.165, 1.54) is 24.8 Å². The fourth-order valence-corrected chi connectivity index (χ4v) is 1.57. The SMILES string of the molecule is CC(=O)SCC=Cc1ccc(CO)cc1F. The average molecular weight is 240 g/mol. The quantitative estimate of drug-likeness (QED) is 0.879. The molecule has 1 N–H and O–H groups in total. The van der Waals surface area contributed by atoms with Gasteiger partial charge in [0.15, 0.2) is 5.12 Å². The molecular formula is C12H13FO2S. The van der Waals surface area contributed by atoms with Crippen LogP contribution in [0.5, 0.6) is 0 Å². The van der Waals surface area contributed by atoms with E-state index in [-0.39, 0.29) is 17.5 Å². The van der Waals surface area contributed by atoms with Gasteiger partial charge in [0, 0.05) is 18.2 Å². The molecule has 0 atom stereocenters. The Bertz CT molecular complexity index is 402. The second-order valence-corrected chi connectivity index (χ2v) is 4.42. The zero-order valence-electron chi connectivity index (χ0n) is 8.94. The summed E-state index contributed by atoms with van der Waals surface area (Å²) in [6, 6.07) is 4.58. The van der Waals surface area contributed by atoms with Crippen molar-refractivity contribution in [3.8, 4) is 0 Å². The molecule has 0 aromatic heterocycles. The van der Waals surface area contributed by atoms with Crippen LogP contribution in [0.4, 0.5) is 4.39 Å². The first kappa shape index (κ1) is 12.9. The lowest BCUT2D eigenvalue weighted by Crippen LogP contribution is -1.88. The Morgan fingerprint density at radius 2 is 2.31 bits per heavy atom. The fraction of sp³-hybridized carbons (Fsp3) is 0.250. The molecule has 0 bridgehead atoms. The molecule has 2 nitrogen and oxygen atoms in total. The zero-order valence-corrected chi connectivity index (χ0v) is 9.76. The highest BCUT2D eigenvalue weighted by atomic mass is 32.2. The van der Waals surface area contributed by atoms with E-state index in [0.717, 1.165) is 0 Å². The summed E-state index contributed by atoms with van der Waals surface area (Å²) in [7, 11) is 0. The molecular weight excluding hydrogens is 227 g/mol. The van der Waals surface area contributed by atoms with Crippen LogP contribution < -0.4 is 0 Å². The van der Waals surface area contributed by atoms with Gasteiger partial charge in [-0.05, 0) is 11.6 Å². The summed E-state index contributed by atoms with van der Waals surface area (Å²) < 4.78 is 13.4. The van der Waals surface area contributed by atoms with Crippen LogP contribution in [-0.4, -0.2) is 16.0 Å². The molecule has 1 aromatic carbocycles. The predicted octanol–water partition coefficient (Wildman–Crippen LogP) is 2.61. The smallest absolute Gasteiger partial charge is 0.186 e. The van der Waals surface area contributed by atoms with Gasteiger partial charge in [-0.1, -0.05) is 36.0 Å². The molecule has 1 aromatic rings. The third-order valence-corrected chi connectivity index (χ3v) is 2.69. The number of hydrogen-bond acceptors (Lipinski definition) is 3. The van der Waals surface area contributed by atoms with Crippen LogP contribution in [0.1, 0.15) is 18.1 Å². The van der Waals surface area contributed by atoms with Crippen LogP contribution in [0.25, 0.3) is 6.08 Å². The monoisotopic (exact) mass is 240 g/mol. The first-order valence-electron chi connectivity index (χ1n) is 4.82. The van der Waals surface area contributed by atoms with Gasteiger partial charge in [-0.2, -0.15) is 0 Å². The van der Waals surface area contributed by atoms with Gasteiger partial charge in [-0.3, -0.25) is 4.79 Å². The molecule has 0 unspecified atom stereocenters. The minimum absolute atomic E-state index is 0.0424. The van der Waals surface area contributed by atoms with Crippen LogP contribution in [0.15, 0.2) is 24.3 Å². The van der Waals surface area contributed by atoms with Gasteiger partial charge in [0.1, 0.15) is 5.82 Å². The lowest BCUT2D eigenvalue weighted by molar-refractivity contribution is -0.109. The number of carbonyl (C=O) groups is 1. The second kappa shape index (κ2) is 6.45. The summed E-state index contributed by atoms with van der Waals surface area (Å²) in [4.78, 5) is 10.6. The van der Waals surface area contributed by atoms with Crippen molar-refractivity contribution >= 4 is 23.0 Å². The van der Waals surface area contributed by atoms with Crippen molar-refractivity contribution in [2.24, 2.45) is 0 Å². The standard InChI is InChI=1S/C12H13FO2S/c1-9(15)16-6-2-3-11-5-4-10(8-14)7-12(11)13/h2-5,7,14H,6,8H2,1H3. The van der Waals surface area contributed by atoms with Crippen LogP contribution in [0.2, 0.25) is 0 Å². The fourth-order valence-electron chi connectivity index (χ4n) is 1.14. The Morgan fingerprint density at radius 1 is 1.56 bits per heavy atom. The van der Waals surface area contributed by atoms with Gasteiger partial charge in [0.05, 0.1) is 6.61 Å². The Balaban J connectivity index is 2.63. The molecule has 1 rings (SSSR count). The molecule has 16 heavy (non-hydrogen) atoms. The molecule has 0 saturated carbocycles. The van der Waals surface area contributed by atoms with Crippen LogP contribution in [0, 0.1) is 5.82 Å². The average Bonchev–Trinajstić information content (AvgIpc) is 2.25. The lowest BCUT2D eigenvalue weighted by atomic mass is 10.1. The summed E-state index contributed by atoms with van der Waals surface area (Å²) in [5, 5.41) is 8.84. The molecule has 0 saturated heterocycles. The van der Waals surface area contributed by atoms with E-state index < -0.39 is 0 Å². The highest BCUT2D eigenvalue weighted by Crippen LogP contribution is 2.13. The van der Waals surface area contributed by atoms with E-state index in [2.05, 4.69) is 0 Å². The van der Waals surface area contributed by atoms with Crippen molar-refractivity contribution in [2.45, 2.75) is 13.5 Å². The molecule has 0 amide bonds. The van der Waals surface area contributed by atoms with Crippen molar-refractivity contribution in [3.05, 3.63) is 41.2 Å². The number of hydrogen-bond donors (Lipinski definition) is 1. The van der Waals surface area contributed by atoms with E-state index >= 15 is 0 Å². The normalized spacial score (nSPS) is 10.9. The minimum atomic E-state index is -0.365. The lowest BCUT2D eigenvalue weighted by Gasteiger charge is -1.99. The maximum atomic E-state index is 13.4. The first-order chi connectivity index (χ1) is 7.63. The Morgan fingerprint density at radius 3 is 2.88 bits per heavy atom. The summed E-state index contributed by atoms with van der Waals surface area (Å²) in [6.45, 7) is 1.33. The largest absolute Gasteiger partial charge is 0.392 e. The Labute approximate surface area is 98.2 Å². The highest BCUT2D eigenvalue weighted by Gasteiger charge is 1.99. The molecule has 0 heterocycles. The van der Waals surface area contributed by atoms with Crippen molar-refractivity contribution < 1.29 is 14.3 Å². The van der Waals surface area contributed by atoms with E-state index in [1.54, 1.807) is 24.3 Å². The molecule has 0 fully saturated rings. The Hall–Kier alpha value is -1.13. The van der Waals surface area contributed by atoms with E-state index in [4.69, 9.17) is 5.11 Å². The first-order valence-corrected chi connectivity index (χ1v) is 5.81. The highest BCUT2D eigenvalue weighted by molar-refractivity contribution is 8.13. The maximum absolute atomic E-state index is 13.4. The molecule has 0 radical (unpaired) electrons. The van der Waals surface area contributed by atoms with Gasteiger partial charge in [0.2, 0.25) is 0 Å². The van der Waals surface area contributed by atoms with Crippen LogP contribution in [-0.2, 0) is 11.4 Å². The zero-order chi connectivity index (χ0) is 12.0. The van der Waals surface area contributed by atoms with Gasteiger partial charge in [-0.25, -0.2) is 4.39 Å². The third-order valence-electron chi connectivity index (χ3n) is 1.93. The number of benzene rings is 1. The number of aliphatic hydroxyl groups excluding tert-OH is 1. The summed E-state index contributed by atoms with van der Waals surface area (Å²) in [5.74, 6) is 0.173. The van der Waals surface area contributed by atoms with Crippen LogP contribution in [0.3, 0.4) is 0 Å². The molecule has 0 aliphatic carbocycles. The summed E-state index contributed by atoms with van der Waals surface area (Å²) >= 11 is 1.18. The van der Waals surface area contributed by atoms with E-state index in [9.17, 15) is 9.18 Å². The number of carbonyl (C=O) groups excluding carboxylic acids is 1. The predicted molar refractivity (Wildman–Crippen MR) is 64.5 cm³/mol. The van der Waals surface area contributed by atoms with Gasteiger partial charge < -0.3 is 5.11 Å². The Kier molecular flexibility index (Phi) is 5.22. The van der Waals surface area contributed by atoms with E-state index in [1.807, 2.05) is 0 Å². The topological polar surface area (TPSA) is 37.3 Å². The maximum Gasteiger partial charge on any atom is 0.186 e. The number of rotatable bonds is 4. The van der Waals surface area contributed by atoms with Gasteiger partial charge in [0.25, 0.3) is 0 Å².